The SMILES string of the molecule is CC1Cc2cc(/C(O)=C3/C(=O)C(=O)N(c4cccc(C(F)(F)F)c4)C3c3ccco3)ccc2O1. The Bertz CT molecular complexity index is 1330. The molecule has 1 saturated heterocycles. The molecule has 9 heteroatoms. The number of hydrogen-bond acceptors (Lipinski definition) is 5. The lowest BCUT2D eigenvalue weighted by atomic mass is 9.97. The Morgan fingerprint density at radius 3 is 2.59 bits per heavy atom. The molecule has 3 aromatic rings. The molecule has 0 spiro atoms. The van der Waals surface area contributed by atoms with Gasteiger partial charge in [-0.15, -0.1) is 0 Å². The number of alkyl halides is 3. The van der Waals surface area contributed by atoms with Crippen LogP contribution in [-0.2, 0) is 22.2 Å². The van der Waals surface area contributed by atoms with Crippen molar-refractivity contribution in [3.63, 3.8) is 0 Å². The number of fused-ring (bicyclic) bond motifs is 1. The van der Waals surface area contributed by atoms with Crippen molar-refractivity contribution in [1.29, 1.82) is 0 Å². The number of ketones is 1. The molecule has 0 saturated carbocycles. The van der Waals surface area contributed by atoms with E-state index in [1.54, 1.807) is 18.2 Å². The Labute approximate surface area is 191 Å². The Hall–Kier alpha value is -4.01. The lowest BCUT2D eigenvalue weighted by Crippen LogP contribution is -2.29. The summed E-state index contributed by atoms with van der Waals surface area (Å²) in [6.45, 7) is 1.90. The van der Waals surface area contributed by atoms with Gasteiger partial charge in [0.25, 0.3) is 11.7 Å². The van der Waals surface area contributed by atoms with Gasteiger partial charge in [-0.05, 0) is 61.0 Å². The Balaban J connectivity index is 1.66. The number of amides is 1. The van der Waals surface area contributed by atoms with E-state index in [-0.39, 0.29) is 28.7 Å². The predicted molar refractivity (Wildman–Crippen MR) is 115 cm³/mol. The zero-order valence-corrected chi connectivity index (χ0v) is 17.8. The number of rotatable bonds is 3. The second kappa shape index (κ2) is 7.79. The highest BCUT2D eigenvalue weighted by molar-refractivity contribution is 6.51. The number of aliphatic hydroxyl groups excluding tert-OH is 1. The smallest absolute Gasteiger partial charge is 0.416 e. The number of anilines is 1. The summed E-state index contributed by atoms with van der Waals surface area (Å²) in [6.07, 6.45) is -2.76. The van der Waals surface area contributed by atoms with Gasteiger partial charge in [-0.2, -0.15) is 13.2 Å². The molecule has 34 heavy (non-hydrogen) atoms. The largest absolute Gasteiger partial charge is 0.507 e. The summed E-state index contributed by atoms with van der Waals surface area (Å²) in [5, 5.41) is 11.1. The zero-order valence-electron chi connectivity index (χ0n) is 17.8. The second-order valence-corrected chi connectivity index (χ2v) is 8.19. The summed E-state index contributed by atoms with van der Waals surface area (Å²) in [4.78, 5) is 27.0. The van der Waals surface area contributed by atoms with Gasteiger partial charge < -0.3 is 14.3 Å². The highest BCUT2D eigenvalue weighted by Gasteiger charge is 2.48. The van der Waals surface area contributed by atoms with Gasteiger partial charge in [0.05, 0.1) is 17.4 Å². The van der Waals surface area contributed by atoms with Crippen molar-refractivity contribution in [2.45, 2.75) is 31.7 Å². The molecule has 174 valence electrons. The quantitative estimate of drug-likeness (QED) is 0.322. The molecule has 0 aliphatic carbocycles. The van der Waals surface area contributed by atoms with E-state index in [2.05, 4.69) is 0 Å². The molecule has 2 aromatic carbocycles. The number of carbonyl (C=O) groups is 2. The lowest BCUT2D eigenvalue weighted by molar-refractivity contribution is -0.137. The van der Waals surface area contributed by atoms with Crippen LogP contribution in [0.15, 0.2) is 70.9 Å². The Kier molecular flexibility index (Phi) is 5.00. The zero-order chi connectivity index (χ0) is 24.2. The van der Waals surface area contributed by atoms with Crippen LogP contribution in [0.5, 0.6) is 5.75 Å². The van der Waals surface area contributed by atoms with Crippen molar-refractivity contribution in [3.05, 3.63) is 88.9 Å². The first-order valence-corrected chi connectivity index (χ1v) is 10.5. The fourth-order valence-electron chi connectivity index (χ4n) is 4.37. The van der Waals surface area contributed by atoms with Crippen molar-refractivity contribution in [1.82, 2.24) is 0 Å². The summed E-state index contributed by atoms with van der Waals surface area (Å²) in [6, 6.07) is 10.8. The molecule has 2 aliphatic rings. The standard InChI is InChI=1S/C25H18F3NO5/c1-13-10-15-11-14(7-8-18(15)34-13)22(30)20-21(19-6-3-9-33-19)29(24(32)23(20)31)17-5-2-4-16(12-17)25(26,27)28/h2-9,11-13,21,30H,10H2,1H3/b22-20-. The van der Waals surface area contributed by atoms with Crippen LogP contribution in [0, 0.1) is 0 Å². The van der Waals surface area contributed by atoms with Gasteiger partial charge >= 0.3 is 6.18 Å². The molecule has 0 radical (unpaired) electrons. The van der Waals surface area contributed by atoms with Gasteiger partial charge in [-0.3, -0.25) is 14.5 Å². The second-order valence-electron chi connectivity index (χ2n) is 8.19. The van der Waals surface area contributed by atoms with Crippen molar-refractivity contribution in [2.24, 2.45) is 0 Å². The lowest BCUT2D eigenvalue weighted by Gasteiger charge is -2.24. The number of hydrogen-bond donors (Lipinski definition) is 1. The van der Waals surface area contributed by atoms with E-state index in [0.717, 1.165) is 28.7 Å². The maximum atomic E-state index is 13.3. The summed E-state index contributed by atoms with van der Waals surface area (Å²) in [5.74, 6) is -1.76. The van der Waals surface area contributed by atoms with Crippen LogP contribution in [0.2, 0.25) is 0 Å². The minimum absolute atomic E-state index is 0.0398. The minimum atomic E-state index is -4.65. The molecular formula is C25H18F3NO5. The number of benzene rings is 2. The van der Waals surface area contributed by atoms with Crippen molar-refractivity contribution < 1.29 is 37.0 Å². The summed E-state index contributed by atoms with van der Waals surface area (Å²) in [5.41, 5.74) is -0.274. The van der Waals surface area contributed by atoms with Gasteiger partial charge in [-0.1, -0.05) is 6.07 Å². The van der Waals surface area contributed by atoms with Crippen LogP contribution < -0.4 is 9.64 Å². The van der Waals surface area contributed by atoms with Crippen LogP contribution in [0.1, 0.15) is 35.4 Å². The Morgan fingerprint density at radius 2 is 1.88 bits per heavy atom. The van der Waals surface area contributed by atoms with E-state index in [0.29, 0.717) is 12.2 Å². The molecule has 2 atom stereocenters. The van der Waals surface area contributed by atoms with Gasteiger partial charge in [0.15, 0.2) is 0 Å². The topological polar surface area (TPSA) is 80.0 Å². The third kappa shape index (κ3) is 3.53. The predicted octanol–water partition coefficient (Wildman–Crippen LogP) is 5.25. The van der Waals surface area contributed by atoms with E-state index >= 15 is 0 Å². The van der Waals surface area contributed by atoms with E-state index in [9.17, 15) is 27.9 Å². The average Bonchev–Trinajstić information content (AvgIpc) is 3.50. The Morgan fingerprint density at radius 1 is 1.09 bits per heavy atom. The van der Waals surface area contributed by atoms with Crippen LogP contribution in [0.25, 0.3) is 5.76 Å². The van der Waals surface area contributed by atoms with Gasteiger partial charge in [0.2, 0.25) is 0 Å². The number of furan rings is 1. The normalized spacial score (nSPS) is 21.6. The number of nitrogens with zero attached hydrogens (tertiary/aromatic N) is 1. The first-order valence-electron chi connectivity index (χ1n) is 10.5. The first-order chi connectivity index (χ1) is 16.1. The molecule has 5 rings (SSSR count). The van der Waals surface area contributed by atoms with Gasteiger partial charge in [0.1, 0.15) is 29.4 Å². The minimum Gasteiger partial charge on any atom is -0.507 e. The van der Waals surface area contributed by atoms with E-state index in [1.165, 1.54) is 24.5 Å². The molecule has 0 bridgehead atoms. The number of ether oxygens (including phenoxy) is 1. The number of Topliss-reactive ketones (excluding diaryl/α,β-unsaturated/α-hetero) is 1. The molecule has 3 heterocycles. The van der Waals surface area contributed by atoms with Crippen molar-refractivity contribution >= 4 is 23.1 Å². The molecule has 1 amide bonds. The highest BCUT2D eigenvalue weighted by atomic mass is 19.4. The molecular weight excluding hydrogens is 451 g/mol. The van der Waals surface area contributed by atoms with Crippen molar-refractivity contribution in [3.8, 4) is 5.75 Å². The van der Waals surface area contributed by atoms with E-state index in [4.69, 9.17) is 9.15 Å². The van der Waals surface area contributed by atoms with Crippen LogP contribution in [-0.4, -0.2) is 22.9 Å². The van der Waals surface area contributed by atoms with E-state index < -0.39 is 35.2 Å². The first kappa shape index (κ1) is 21.8. The molecule has 1 aromatic heterocycles. The third-order valence-corrected chi connectivity index (χ3v) is 5.88. The molecule has 6 nitrogen and oxygen atoms in total. The van der Waals surface area contributed by atoms with Crippen LogP contribution in [0.4, 0.5) is 18.9 Å². The summed E-state index contributed by atoms with van der Waals surface area (Å²) in [7, 11) is 0. The maximum absolute atomic E-state index is 13.3. The van der Waals surface area contributed by atoms with Gasteiger partial charge in [-0.25, -0.2) is 0 Å². The summed E-state index contributed by atoms with van der Waals surface area (Å²) >= 11 is 0. The van der Waals surface area contributed by atoms with Gasteiger partial charge in [0, 0.05) is 17.7 Å². The monoisotopic (exact) mass is 469 g/mol. The van der Waals surface area contributed by atoms with Crippen LogP contribution in [0.3, 0.4) is 0 Å². The molecule has 1 N–H and O–H groups in total. The van der Waals surface area contributed by atoms with Crippen molar-refractivity contribution in [2.75, 3.05) is 4.90 Å². The number of halogens is 3. The fourth-order valence-corrected chi connectivity index (χ4v) is 4.37. The molecule has 2 aliphatic heterocycles. The number of aliphatic hydroxyl groups is 1. The molecule has 2 unspecified atom stereocenters. The molecule has 1 fully saturated rings. The third-order valence-electron chi connectivity index (χ3n) is 5.88. The van der Waals surface area contributed by atoms with E-state index in [1.807, 2.05) is 6.92 Å². The highest BCUT2D eigenvalue weighted by Crippen LogP contribution is 2.44. The maximum Gasteiger partial charge on any atom is 0.416 e. The number of carbonyl (C=O) groups excluding carboxylic acids is 2. The van der Waals surface area contributed by atoms with Crippen LogP contribution >= 0.6 is 0 Å². The fraction of sp³-hybridized carbons (Fsp3) is 0.200. The summed E-state index contributed by atoms with van der Waals surface area (Å²) < 4.78 is 51.0. The average molecular weight is 469 g/mol.